The highest BCUT2D eigenvalue weighted by molar-refractivity contribution is 5.96. The molecule has 0 saturated heterocycles. The molecule has 2 atom stereocenters. The number of H-pyrrole nitrogens is 1. The molecular weight excluding hydrogens is 1310 g/mol. The summed E-state index contributed by atoms with van der Waals surface area (Å²) >= 11 is 0. The number of halogens is 4. The van der Waals surface area contributed by atoms with Crippen LogP contribution in [0.4, 0.5) is 17.6 Å². The molecule has 6 N–H and O–H groups in total. The molecule has 3 saturated carbocycles. The van der Waals surface area contributed by atoms with E-state index in [1.807, 2.05) is 48.6 Å². The molecule has 5 aromatic heterocycles. The topological polar surface area (TPSA) is 260 Å². The third kappa shape index (κ3) is 16.7. The average Bonchev–Trinajstić information content (AvgIpc) is 1.71. The molecule has 103 heavy (non-hydrogen) atoms. The number of carbonyl (C=O) groups is 5. The summed E-state index contributed by atoms with van der Waals surface area (Å²) in [6.07, 6.45) is 18.9. The predicted molar refractivity (Wildman–Crippen MR) is 382 cm³/mol. The van der Waals surface area contributed by atoms with E-state index >= 15 is 0 Å². The Hall–Kier alpha value is -11.3. The predicted octanol–water partition coefficient (Wildman–Crippen LogP) is 15.1. The lowest BCUT2D eigenvalue weighted by Crippen LogP contribution is -2.16. The number of benzene rings is 4. The van der Waals surface area contributed by atoms with E-state index in [1.165, 1.54) is 42.7 Å². The van der Waals surface area contributed by atoms with Gasteiger partial charge in [0.25, 0.3) is 5.56 Å². The molecular formula is C83H75F4N7O9. The van der Waals surface area contributed by atoms with Crippen LogP contribution in [-0.4, -0.2) is 73.6 Å². The van der Waals surface area contributed by atoms with Crippen LogP contribution in [0.1, 0.15) is 194 Å². The Balaban J connectivity index is 0.000000148. The first-order valence-corrected chi connectivity index (χ1v) is 34.6. The molecule has 16 nitrogen and oxygen atoms in total. The number of carbonyl (C=O) groups excluding carboxylic acids is 4. The first-order chi connectivity index (χ1) is 49.7. The molecule has 4 aromatic carbocycles. The second-order valence-corrected chi connectivity index (χ2v) is 27.3. The Kier molecular flexibility index (Phi) is 20.8. The van der Waals surface area contributed by atoms with Crippen molar-refractivity contribution >= 4 is 46.1 Å². The molecule has 0 aliphatic heterocycles. The number of ketones is 2. The number of fused-ring (bicyclic) bond motifs is 3. The van der Waals surface area contributed by atoms with Crippen LogP contribution in [-0.2, 0) is 46.5 Å². The van der Waals surface area contributed by atoms with Crippen molar-refractivity contribution in [3.63, 3.8) is 0 Å². The van der Waals surface area contributed by atoms with Gasteiger partial charge in [-0.3, -0.25) is 38.7 Å². The molecule has 15 rings (SSSR count). The van der Waals surface area contributed by atoms with Crippen molar-refractivity contribution in [3.8, 4) is 34.0 Å². The zero-order chi connectivity index (χ0) is 72.2. The van der Waals surface area contributed by atoms with Gasteiger partial charge in [0.05, 0.1) is 43.4 Å². The molecule has 6 aliphatic carbocycles. The summed E-state index contributed by atoms with van der Waals surface area (Å²) in [5, 5.41) is 8.88. The first kappa shape index (κ1) is 70.2. The fraction of sp³-hybridized carbons (Fsp3) is 0.277. The van der Waals surface area contributed by atoms with Crippen molar-refractivity contribution in [2.75, 3.05) is 14.2 Å². The smallest absolute Gasteiger partial charge is 0.307 e. The van der Waals surface area contributed by atoms with Crippen LogP contribution in [0.5, 0.6) is 11.8 Å². The summed E-state index contributed by atoms with van der Waals surface area (Å²) in [5.41, 5.74) is 27.5. The number of carboxylic acids is 1. The summed E-state index contributed by atoms with van der Waals surface area (Å²) in [7, 11) is 3.24. The first-order valence-electron chi connectivity index (χ1n) is 34.6. The van der Waals surface area contributed by atoms with Crippen LogP contribution in [0.15, 0.2) is 163 Å². The zero-order valence-electron chi connectivity index (χ0n) is 56.9. The number of aromatic amines is 1. The van der Waals surface area contributed by atoms with E-state index in [9.17, 15) is 46.3 Å². The maximum Gasteiger partial charge on any atom is 0.307 e. The minimum Gasteiger partial charge on any atom is -0.481 e. The highest BCUT2D eigenvalue weighted by atomic mass is 19.1. The molecule has 0 bridgehead atoms. The number of aliphatic carboxylic acids is 1. The van der Waals surface area contributed by atoms with E-state index in [0.717, 1.165) is 100 Å². The van der Waals surface area contributed by atoms with Crippen LogP contribution < -0.4 is 26.5 Å². The standard InChI is InChI=1S/C35H31F2N3O3.C34H29F2N3O3.C14H15NO3/c1-43-35-31(21-7-8-21)18-24-10-9-23(32(24)40-35)16-29(41)17-26(12-20-13-27(36)19-28(37)14-20)33-30(6-3-11-39-33)22-4-2-5-25(15-22)34(38)42;35-26-12-19(13-27(36)18-26)11-25(32-29(5-2-10-38-32)21-3-1-4-24(14-21)33(37)41)16-28(40)15-22-8-9-23-17-30(20-6-7-20)34(42)39-31(22)23;1-18-14-11(8-2-3-8)6-9-4-5-10(7-12(16)17)13(9)15-14/h2-6,9,11,13-15,18-19,21,26H,7-8,10,12,16-17H2,1H3,(H2,38,42);1-5,8,10,12-14,17-18,20,25H,6-7,9,11,15-16H2,(H2,37,41)(H,39,42);5-6,8H,2-4,7H2,1H3,(H,16,17)/t26-;25-;/m11./s1. The number of nitrogens with one attached hydrogen (secondary N) is 1. The minimum atomic E-state index is -0.818. The molecule has 524 valence electrons. The molecule has 3 fully saturated rings. The lowest BCUT2D eigenvalue weighted by molar-refractivity contribution is -0.135. The normalized spacial score (nSPS) is 15.1. The van der Waals surface area contributed by atoms with Crippen molar-refractivity contribution in [3.05, 3.63) is 276 Å². The van der Waals surface area contributed by atoms with Gasteiger partial charge in [0.1, 0.15) is 34.8 Å². The quantitative estimate of drug-likeness (QED) is 0.0389. The van der Waals surface area contributed by atoms with Gasteiger partial charge < -0.3 is 31.0 Å². The lowest BCUT2D eigenvalue weighted by Gasteiger charge is -2.20. The number of aromatic nitrogens is 5. The SMILES string of the molecule is COc1nc2c(cc1C1CC1)CC=C2CC(=O)C[C@@H](Cc1cc(F)cc(F)c1)c1ncccc1-c1cccc(C(N)=O)c1.COc1nc2c(cc1C1CC1)CC=C2CC(=O)O.NC(=O)c1cccc(-c2cccnc2[C@@H](CC(=O)CC2=CCc3cc(C4CC4)c(=O)[nH]c32)Cc2cc(F)cc(F)c2)c1. The van der Waals surface area contributed by atoms with Crippen LogP contribution in [0, 0.1) is 23.3 Å². The van der Waals surface area contributed by atoms with Crippen LogP contribution in [0.3, 0.4) is 0 Å². The Labute approximate surface area is 592 Å². The number of nitrogens with zero attached hydrogens (tertiary/aromatic N) is 4. The highest BCUT2D eigenvalue weighted by Crippen LogP contribution is 2.48. The molecule has 0 radical (unpaired) electrons. The van der Waals surface area contributed by atoms with Crippen LogP contribution in [0.25, 0.3) is 39.0 Å². The van der Waals surface area contributed by atoms with Gasteiger partial charge in [0, 0.05) is 107 Å². The number of nitrogens with two attached hydrogens (primary N) is 2. The van der Waals surface area contributed by atoms with E-state index < -0.39 is 52.9 Å². The van der Waals surface area contributed by atoms with Gasteiger partial charge >= 0.3 is 5.97 Å². The average molecular weight is 1390 g/mol. The Morgan fingerprint density at radius 1 is 0.515 bits per heavy atom. The minimum absolute atomic E-state index is 0.0337. The lowest BCUT2D eigenvalue weighted by atomic mass is 9.85. The van der Waals surface area contributed by atoms with Gasteiger partial charge in [-0.2, -0.15) is 0 Å². The number of amides is 2. The number of Topliss-reactive ketones (excluding diaryl/α,β-unsaturated/α-hetero) is 2. The number of methoxy groups -OCH3 is 2. The molecule has 5 heterocycles. The summed E-state index contributed by atoms with van der Waals surface area (Å²) in [4.78, 5) is 96.1. The summed E-state index contributed by atoms with van der Waals surface area (Å²) < 4.78 is 67.5. The third-order valence-electron chi connectivity index (χ3n) is 19.7. The molecule has 0 spiro atoms. The molecule has 9 aromatic rings. The number of hydrogen-bond acceptors (Lipinski definition) is 12. The van der Waals surface area contributed by atoms with Gasteiger partial charge in [-0.1, -0.05) is 54.6 Å². The summed E-state index contributed by atoms with van der Waals surface area (Å²) in [6, 6.07) is 33.9. The van der Waals surface area contributed by atoms with Gasteiger partial charge in [-0.15, -0.1) is 0 Å². The zero-order valence-corrected chi connectivity index (χ0v) is 56.9. The number of carboxylic acid groups (broad SMARTS) is 1. The van der Waals surface area contributed by atoms with Gasteiger partial charge in [-0.25, -0.2) is 27.5 Å². The second-order valence-electron chi connectivity index (χ2n) is 27.3. The van der Waals surface area contributed by atoms with Crippen molar-refractivity contribution in [2.24, 2.45) is 11.5 Å². The van der Waals surface area contributed by atoms with Gasteiger partial charge in [0.2, 0.25) is 23.6 Å². The molecule has 0 unspecified atom stereocenters. The fourth-order valence-electron chi connectivity index (χ4n) is 14.4. The van der Waals surface area contributed by atoms with Gasteiger partial charge in [-0.05, 0) is 223 Å². The summed E-state index contributed by atoms with van der Waals surface area (Å²) in [6.45, 7) is 0. The van der Waals surface area contributed by atoms with Crippen LogP contribution >= 0.6 is 0 Å². The molecule has 2 amide bonds. The van der Waals surface area contributed by atoms with E-state index in [1.54, 1.807) is 75.1 Å². The van der Waals surface area contributed by atoms with Crippen molar-refractivity contribution in [1.82, 2.24) is 24.9 Å². The molecule has 20 heteroatoms. The van der Waals surface area contributed by atoms with E-state index in [2.05, 4.69) is 32.1 Å². The largest absolute Gasteiger partial charge is 0.481 e. The number of hydrogen-bond donors (Lipinski definition) is 4. The number of primary amides is 2. The number of ether oxygens (including phenoxy) is 2. The van der Waals surface area contributed by atoms with E-state index in [-0.39, 0.29) is 62.1 Å². The Morgan fingerprint density at radius 3 is 1.35 bits per heavy atom. The van der Waals surface area contributed by atoms with E-state index in [4.69, 9.17) is 31.0 Å². The van der Waals surface area contributed by atoms with Crippen molar-refractivity contribution in [1.29, 1.82) is 0 Å². The number of pyridine rings is 5. The third-order valence-corrected chi connectivity index (χ3v) is 19.7. The van der Waals surface area contributed by atoms with Gasteiger partial charge in [0.15, 0.2) is 0 Å². The monoisotopic (exact) mass is 1390 g/mol. The second kappa shape index (κ2) is 30.5. The highest BCUT2D eigenvalue weighted by Gasteiger charge is 2.34. The maximum atomic E-state index is 14.2. The fourth-order valence-corrected chi connectivity index (χ4v) is 14.4. The maximum absolute atomic E-state index is 14.2. The van der Waals surface area contributed by atoms with Crippen molar-refractivity contribution < 1.29 is 56.1 Å². The van der Waals surface area contributed by atoms with E-state index in [0.29, 0.717) is 104 Å². The number of rotatable bonds is 25. The van der Waals surface area contributed by atoms with Crippen molar-refractivity contribution in [2.45, 2.75) is 132 Å². The van der Waals surface area contributed by atoms with Crippen LogP contribution in [0.2, 0.25) is 0 Å². The molecule has 6 aliphatic rings. The summed E-state index contributed by atoms with van der Waals surface area (Å²) in [5.74, 6) is -3.21. The Bertz CT molecular complexity index is 4990. The Morgan fingerprint density at radius 2 is 0.922 bits per heavy atom. The number of allylic oxidation sites excluding steroid dienone is 5.